The van der Waals surface area contributed by atoms with Gasteiger partial charge in [0.15, 0.2) is 11.6 Å². The summed E-state index contributed by atoms with van der Waals surface area (Å²) in [5, 5.41) is 11.6. The number of carboxylic acids is 1. The van der Waals surface area contributed by atoms with Gasteiger partial charge in [0.2, 0.25) is 0 Å². The van der Waals surface area contributed by atoms with Crippen LogP contribution < -0.4 is 5.32 Å². The van der Waals surface area contributed by atoms with Crippen molar-refractivity contribution in [2.75, 3.05) is 5.32 Å². The summed E-state index contributed by atoms with van der Waals surface area (Å²) in [6, 6.07) is 0. The molecule has 0 aromatic carbocycles. The molecule has 0 aliphatic carbocycles. The number of aryl methyl sites for hydroxylation is 1. The molecule has 0 amide bonds. The summed E-state index contributed by atoms with van der Waals surface area (Å²) in [6.07, 6.45) is 1.50. The van der Waals surface area contributed by atoms with E-state index in [9.17, 15) is 9.18 Å². The second kappa shape index (κ2) is 4.42. The average molecular weight is 227 g/mol. The largest absolute Gasteiger partial charge is 0.480 e. The van der Waals surface area contributed by atoms with Crippen molar-refractivity contribution in [1.29, 1.82) is 0 Å². The average Bonchev–Trinajstić information content (AvgIpc) is 2.24. The van der Waals surface area contributed by atoms with Gasteiger partial charge in [-0.05, 0) is 20.3 Å². The van der Waals surface area contributed by atoms with Gasteiger partial charge in [-0.2, -0.15) is 0 Å². The van der Waals surface area contributed by atoms with Crippen LogP contribution in [0.3, 0.4) is 0 Å². The van der Waals surface area contributed by atoms with Crippen LogP contribution in [0.1, 0.15) is 26.0 Å². The molecule has 1 aromatic heterocycles. The molecular formula is C10H14FN3O2. The molecule has 0 fully saturated rings. The van der Waals surface area contributed by atoms with Gasteiger partial charge in [0.25, 0.3) is 0 Å². The zero-order chi connectivity index (χ0) is 12.3. The summed E-state index contributed by atoms with van der Waals surface area (Å²) in [5.41, 5.74) is -1.05. The Kier molecular flexibility index (Phi) is 3.41. The van der Waals surface area contributed by atoms with E-state index in [0.29, 0.717) is 6.42 Å². The maximum atomic E-state index is 13.6. The number of hydrogen-bond acceptors (Lipinski definition) is 4. The highest BCUT2D eigenvalue weighted by molar-refractivity contribution is 5.81. The predicted molar refractivity (Wildman–Crippen MR) is 56.7 cm³/mol. The molecule has 0 aliphatic rings. The molecule has 1 heterocycles. The first-order valence-corrected chi connectivity index (χ1v) is 4.89. The van der Waals surface area contributed by atoms with Crippen molar-refractivity contribution in [3.63, 3.8) is 0 Å². The third-order valence-corrected chi connectivity index (χ3v) is 2.54. The van der Waals surface area contributed by atoms with Crippen molar-refractivity contribution in [1.82, 2.24) is 9.97 Å². The Morgan fingerprint density at radius 2 is 2.25 bits per heavy atom. The number of rotatable bonds is 4. The highest BCUT2D eigenvalue weighted by Gasteiger charge is 2.32. The lowest BCUT2D eigenvalue weighted by molar-refractivity contribution is -0.141. The number of anilines is 1. The Morgan fingerprint density at radius 1 is 1.62 bits per heavy atom. The lowest BCUT2D eigenvalue weighted by Gasteiger charge is -2.25. The molecule has 5 nitrogen and oxygen atoms in total. The van der Waals surface area contributed by atoms with Crippen LogP contribution in [-0.2, 0) is 4.79 Å². The van der Waals surface area contributed by atoms with Crippen LogP contribution in [0.25, 0.3) is 0 Å². The Hall–Kier alpha value is -1.72. The van der Waals surface area contributed by atoms with Gasteiger partial charge in [0, 0.05) is 0 Å². The number of aliphatic carboxylic acids is 1. The van der Waals surface area contributed by atoms with E-state index < -0.39 is 17.3 Å². The molecule has 1 atom stereocenters. The van der Waals surface area contributed by atoms with Crippen LogP contribution in [0.5, 0.6) is 0 Å². The third kappa shape index (κ3) is 2.26. The quantitative estimate of drug-likeness (QED) is 0.817. The molecule has 0 spiro atoms. The summed E-state index contributed by atoms with van der Waals surface area (Å²) in [5.74, 6) is -1.76. The van der Waals surface area contributed by atoms with Crippen LogP contribution in [0.4, 0.5) is 10.2 Å². The molecule has 2 N–H and O–H groups in total. The number of aromatic nitrogens is 2. The van der Waals surface area contributed by atoms with Gasteiger partial charge in [-0.3, -0.25) is 0 Å². The Labute approximate surface area is 92.7 Å². The van der Waals surface area contributed by atoms with E-state index in [1.54, 1.807) is 6.92 Å². The lowest BCUT2D eigenvalue weighted by Crippen LogP contribution is -2.43. The fraction of sp³-hybridized carbons (Fsp3) is 0.500. The molecule has 6 heteroatoms. The van der Waals surface area contributed by atoms with E-state index >= 15 is 0 Å². The fourth-order valence-electron chi connectivity index (χ4n) is 1.10. The van der Waals surface area contributed by atoms with Crippen molar-refractivity contribution >= 4 is 11.8 Å². The normalized spacial score (nSPS) is 14.2. The summed E-state index contributed by atoms with van der Waals surface area (Å²) in [7, 11) is 0. The first-order valence-electron chi connectivity index (χ1n) is 4.89. The molecule has 1 rings (SSSR count). The Balaban J connectivity index is 3.04. The topological polar surface area (TPSA) is 75.1 Å². The first kappa shape index (κ1) is 12.4. The minimum Gasteiger partial charge on any atom is -0.480 e. The molecular weight excluding hydrogens is 213 g/mol. The van der Waals surface area contributed by atoms with E-state index in [1.807, 2.05) is 0 Å². The maximum absolute atomic E-state index is 13.6. The van der Waals surface area contributed by atoms with Crippen LogP contribution >= 0.6 is 0 Å². The van der Waals surface area contributed by atoms with Gasteiger partial charge in [0.1, 0.15) is 11.9 Å². The Bertz CT molecular complexity index is 411. The highest BCUT2D eigenvalue weighted by atomic mass is 19.1. The number of carbonyl (C=O) groups is 1. The van der Waals surface area contributed by atoms with Crippen molar-refractivity contribution in [3.8, 4) is 0 Å². The molecule has 88 valence electrons. The monoisotopic (exact) mass is 227 g/mol. The van der Waals surface area contributed by atoms with E-state index in [-0.39, 0.29) is 11.5 Å². The number of halogens is 1. The number of carboxylic acid groups (broad SMARTS) is 1. The van der Waals surface area contributed by atoms with Crippen molar-refractivity contribution in [2.24, 2.45) is 0 Å². The second-order valence-electron chi connectivity index (χ2n) is 3.74. The molecule has 0 aliphatic heterocycles. The summed E-state index contributed by atoms with van der Waals surface area (Å²) in [4.78, 5) is 18.4. The standard InChI is InChI=1S/C10H14FN3O2/c1-4-10(3,9(15)16)14-8-7(11)6(2)12-5-13-8/h5H,4H2,1-3H3,(H,15,16)(H,12,13,14). The van der Waals surface area contributed by atoms with E-state index in [0.717, 1.165) is 0 Å². The first-order chi connectivity index (χ1) is 7.40. The lowest BCUT2D eigenvalue weighted by atomic mass is 9.99. The van der Waals surface area contributed by atoms with E-state index in [2.05, 4.69) is 15.3 Å². The molecule has 1 unspecified atom stereocenters. The van der Waals surface area contributed by atoms with Gasteiger partial charge in [0.05, 0.1) is 5.69 Å². The number of nitrogens with one attached hydrogen (secondary N) is 1. The van der Waals surface area contributed by atoms with Gasteiger partial charge in [-0.1, -0.05) is 6.92 Å². The van der Waals surface area contributed by atoms with Crippen molar-refractivity contribution < 1.29 is 14.3 Å². The Morgan fingerprint density at radius 3 is 2.75 bits per heavy atom. The van der Waals surface area contributed by atoms with Gasteiger partial charge in [-0.25, -0.2) is 19.2 Å². The van der Waals surface area contributed by atoms with Gasteiger partial charge in [-0.15, -0.1) is 0 Å². The third-order valence-electron chi connectivity index (χ3n) is 2.54. The summed E-state index contributed by atoms with van der Waals surface area (Å²) in [6.45, 7) is 4.67. The second-order valence-corrected chi connectivity index (χ2v) is 3.74. The predicted octanol–water partition coefficient (Wildman–Crippen LogP) is 1.59. The molecule has 0 radical (unpaired) electrons. The SMILES string of the molecule is CCC(C)(Nc1ncnc(C)c1F)C(=O)O. The number of hydrogen-bond donors (Lipinski definition) is 2. The molecule has 0 bridgehead atoms. The number of nitrogens with zero attached hydrogens (tertiary/aromatic N) is 2. The van der Waals surface area contributed by atoms with Gasteiger partial charge >= 0.3 is 5.97 Å². The fourth-order valence-corrected chi connectivity index (χ4v) is 1.10. The maximum Gasteiger partial charge on any atom is 0.329 e. The van der Waals surface area contributed by atoms with Crippen molar-refractivity contribution in [3.05, 3.63) is 17.8 Å². The minimum atomic E-state index is -1.23. The minimum absolute atomic E-state index is 0.0840. The highest BCUT2D eigenvalue weighted by Crippen LogP contribution is 2.20. The van der Waals surface area contributed by atoms with E-state index in [1.165, 1.54) is 20.2 Å². The smallest absolute Gasteiger partial charge is 0.329 e. The molecule has 0 saturated carbocycles. The molecule has 1 aromatic rings. The summed E-state index contributed by atoms with van der Waals surface area (Å²) < 4.78 is 13.6. The van der Waals surface area contributed by atoms with E-state index in [4.69, 9.17) is 5.11 Å². The van der Waals surface area contributed by atoms with Crippen LogP contribution in [0.2, 0.25) is 0 Å². The summed E-state index contributed by atoms with van der Waals surface area (Å²) >= 11 is 0. The van der Waals surface area contributed by atoms with Crippen LogP contribution in [0.15, 0.2) is 6.33 Å². The zero-order valence-corrected chi connectivity index (χ0v) is 9.41. The van der Waals surface area contributed by atoms with Gasteiger partial charge < -0.3 is 10.4 Å². The molecule has 16 heavy (non-hydrogen) atoms. The zero-order valence-electron chi connectivity index (χ0n) is 9.41. The van der Waals surface area contributed by atoms with Crippen LogP contribution in [0, 0.1) is 12.7 Å². The van der Waals surface area contributed by atoms with Crippen LogP contribution in [-0.4, -0.2) is 26.6 Å². The molecule has 0 saturated heterocycles. The van der Waals surface area contributed by atoms with Crippen molar-refractivity contribution in [2.45, 2.75) is 32.7 Å².